The highest BCUT2D eigenvalue weighted by Crippen LogP contribution is 1.96. The lowest BCUT2D eigenvalue weighted by Crippen LogP contribution is -2.35. The fourth-order valence-electron chi connectivity index (χ4n) is 1.22. The molecule has 0 aromatic heterocycles. The van der Waals surface area contributed by atoms with Gasteiger partial charge in [0.1, 0.15) is 0 Å². The molecule has 0 heterocycles. The van der Waals surface area contributed by atoms with Crippen molar-refractivity contribution in [1.82, 2.24) is 10.2 Å². The lowest BCUT2D eigenvalue weighted by Gasteiger charge is -2.14. The Bertz CT molecular complexity index is 298. The number of likely N-dealkylation sites (N-methyl/N-ethyl adjacent to an activating group) is 1. The summed E-state index contributed by atoms with van der Waals surface area (Å²) in [5.41, 5.74) is 1.20. The molecule has 0 bridgehead atoms. The van der Waals surface area contributed by atoms with Crippen LogP contribution in [0.2, 0.25) is 0 Å². The minimum atomic E-state index is 0.133. The molecule has 1 rings (SSSR count). The maximum absolute atomic E-state index is 11.4. The quantitative estimate of drug-likeness (QED) is 0.786. The minimum Gasteiger partial charge on any atom is -0.345 e. The highest BCUT2D eigenvalue weighted by Gasteiger charge is 2.04. The first-order valence-corrected chi connectivity index (χ1v) is 5.22. The van der Waals surface area contributed by atoms with E-state index in [0.29, 0.717) is 6.54 Å². The first-order chi connectivity index (χ1) is 7.24. The second kappa shape index (κ2) is 6.19. The fourth-order valence-corrected chi connectivity index (χ4v) is 1.22. The van der Waals surface area contributed by atoms with Gasteiger partial charge in [0, 0.05) is 20.1 Å². The second-order valence-corrected chi connectivity index (χ2v) is 3.50. The maximum atomic E-state index is 11.4. The first-order valence-electron chi connectivity index (χ1n) is 5.22. The average Bonchev–Trinajstić information content (AvgIpc) is 2.29. The summed E-state index contributed by atoms with van der Waals surface area (Å²) in [4.78, 5) is 13.1. The molecule has 3 heteroatoms. The number of hydrogen-bond donors (Lipinski definition) is 1. The van der Waals surface area contributed by atoms with Crippen LogP contribution in [0.3, 0.4) is 0 Å². The standard InChI is InChI=1S/C12H18N2O/c1-3-14(2)12(15)10-13-9-11-7-5-4-6-8-11/h4-8,13H,3,9-10H2,1-2H3. The summed E-state index contributed by atoms with van der Waals surface area (Å²) < 4.78 is 0. The van der Waals surface area contributed by atoms with Crippen molar-refractivity contribution in [2.45, 2.75) is 13.5 Å². The Balaban J connectivity index is 2.25. The molecule has 0 atom stereocenters. The molecule has 1 aromatic carbocycles. The number of amides is 1. The molecular formula is C12H18N2O. The number of benzene rings is 1. The molecule has 15 heavy (non-hydrogen) atoms. The van der Waals surface area contributed by atoms with Gasteiger partial charge in [-0.05, 0) is 12.5 Å². The van der Waals surface area contributed by atoms with Gasteiger partial charge in [-0.1, -0.05) is 30.3 Å². The minimum absolute atomic E-state index is 0.133. The van der Waals surface area contributed by atoms with E-state index < -0.39 is 0 Å². The highest BCUT2D eigenvalue weighted by atomic mass is 16.2. The second-order valence-electron chi connectivity index (χ2n) is 3.50. The zero-order chi connectivity index (χ0) is 11.1. The average molecular weight is 206 g/mol. The van der Waals surface area contributed by atoms with E-state index in [1.165, 1.54) is 5.56 Å². The molecule has 0 spiro atoms. The summed E-state index contributed by atoms with van der Waals surface area (Å²) in [5.74, 6) is 0.133. The van der Waals surface area contributed by atoms with Crippen molar-refractivity contribution in [3.63, 3.8) is 0 Å². The van der Waals surface area contributed by atoms with Crippen LogP contribution in [0.5, 0.6) is 0 Å². The van der Waals surface area contributed by atoms with Crippen LogP contribution >= 0.6 is 0 Å². The van der Waals surface area contributed by atoms with Crippen molar-refractivity contribution in [2.75, 3.05) is 20.1 Å². The van der Waals surface area contributed by atoms with Crippen LogP contribution in [0.15, 0.2) is 30.3 Å². The summed E-state index contributed by atoms with van der Waals surface area (Å²) in [7, 11) is 1.81. The van der Waals surface area contributed by atoms with E-state index in [1.54, 1.807) is 4.90 Å². The smallest absolute Gasteiger partial charge is 0.236 e. The highest BCUT2D eigenvalue weighted by molar-refractivity contribution is 5.77. The fraction of sp³-hybridized carbons (Fsp3) is 0.417. The van der Waals surface area contributed by atoms with Crippen molar-refractivity contribution in [3.8, 4) is 0 Å². The summed E-state index contributed by atoms with van der Waals surface area (Å²) in [6.07, 6.45) is 0. The van der Waals surface area contributed by atoms with E-state index in [1.807, 2.05) is 44.3 Å². The third-order valence-electron chi connectivity index (χ3n) is 2.35. The Hall–Kier alpha value is -1.35. The zero-order valence-corrected chi connectivity index (χ0v) is 9.36. The summed E-state index contributed by atoms with van der Waals surface area (Å²) in [5, 5.41) is 3.13. The van der Waals surface area contributed by atoms with Crippen LogP contribution < -0.4 is 5.32 Å². The van der Waals surface area contributed by atoms with Crippen LogP contribution in [0.4, 0.5) is 0 Å². The number of nitrogens with one attached hydrogen (secondary N) is 1. The molecule has 0 saturated carbocycles. The van der Waals surface area contributed by atoms with E-state index in [4.69, 9.17) is 0 Å². The Kier molecular flexibility index (Phi) is 4.84. The third kappa shape index (κ3) is 4.13. The predicted octanol–water partition coefficient (Wildman–Crippen LogP) is 1.25. The lowest BCUT2D eigenvalue weighted by atomic mass is 10.2. The Morgan fingerprint density at radius 1 is 1.33 bits per heavy atom. The Morgan fingerprint density at radius 3 is 2.60 bits per heavy atom. The largest absolute Gasteiger partial charge is 0.345 e. The van der Waals surface area contributed by atoms with Gasteiger partial charge in [0.2, 0.25) is 5.91 Å². The van der Waals surface area contributed by atoms with Gasteiger partial charge < -0.3 is 10.2 Å². The van der Waals surface area contributed by atoms with Crippen molar-refractivity contribution < 1.29 is 4.79 Å². The molecule has 1 amide bonds. The molecule has 0 aliphatic heterocycles. The van der Waals surface area contributed by atoms with Gasteiger partial charge in [-0.2, -0.15) is 0 Å². The lowest BCUT2D eigenvalue weighted by molar-refractivity contribution is -0.128. The van der Waals surface area contributed by atoms with Crippen LogP contribution in [-0.2, 0) is 11.3 Å². The molecule has 3 nitrogen and oxygen atoms in total. The van der Waals surface area contributed by atoms with Gasteiger partial charge in [-0.25, -0.2) is 0 Å². The molecule has 1 N–H and O–H groups in total. The molecule has 0 fully saturated rings. The van der Waals surface area contributed by atoms with Crippen molar-refractivity contribution in [3.05, 3.63) is 35.9 Å². The third-order valence-corrected chi connectivity index (χ3v) is 2.35. The Morgan fingerprint density at radius 2 is 2.00 bits per heavy atom. The van der Waals surface area contributed by atoms with E-state index in [-0.39, 0.29) is 5.91 Å². The van der Waals surface area contributed by atoms with Gasteiger partial charge in [-0.3, -0.25) is 4.79 Å². The van der Waals surface area contributed by atoms with Crippen molar-refractivity contribution in [2.24, 2.45) is 0 Å². The van der Waals surface area contributed by atoms with E-state index in [0.717, 1.165) is 13.1 Å². The van der Waals surface area contributed by atoms with Gasteiger partial charge in [0.05, 0.1) is 6.54 Å². The van der Waals surface area contributed by atoms with Crippen molar-refractivity contribution in [1.29, 1.82) is 0 Å². The van der Waals surface area contributed by atoms with Crippen LogP contribution in [0.1, 0.15) is 12.5 Å². The molecule has 0 aliphatic carbocycles. The van der Waals surface area contributed by atoms with E-state index in [9.17, 15) is 4.79 Å². The number of carbonyl (C=O) groups is 1. The number of hydrogen-bond acceptors (Lipinski definition) is 2. The Labute approximate surface area is 91.1 Å². The predicted molar refractivity (Wildman–Crippen MR) is 61.5 cm³/mol. The van der Waals surface area contributed by atoms with Gasteiger partial charge in [-0.15, -0.1) is 0 Å². The molecular weight excluding hydrogens is 188 g/mol. The number of rotatable bonds is 5. The van der Waals surface area contributed by atoms with Gasteiger partial charge in [0.15, 0.2) is 0 Å². The summed E-state index contributed by atoms with van der Waals surface area (Å²) in [6.45, 7) is 3.87. The SMILES string of the molecule is CCN(C)C(=O)CNCc1ccccc1. The van der Waals surface area contributed by atoms with Gasteiger partial charge >= 0.3 is 0 Å². The summed E-state index contributed by atoms with van der Waals surface area (Å²) in [6, 6.07) is 10.1. The zero-order valence-electron chi connectivity index (χ0n) is 9.36. The first kappa shape index (κ1) is 11.7. The normalized spacial score (nSPS) is 10.0. The van der Waals surface area contributed by atoms with Crippen molar-refractivity contribution >= 4 is 5.91 Å². The summed E-state index contributed by atoms with van der Waals surface area (Å²) >= 11 is 0. The van der Waals surface area contributed by atoms with E-state index >= 15 is 0 Å². The molecule has 0 aliphatic rings. The number of nitrogens with zero attached hydrogens (tertiary/aromatic N) is 1. The van der Waals surface area contributed by atoms with Gasteiger partial charge in [0.25, 0.3) is 0 Å². The molecule has 0 saturated heterocycles. The van der Waals surface area contributed by atoms with Crippen LogP contribution in [-0.4, -0.2) is 30.9 Å². The number of carbonyl (C=O) groups excluding carboxylic acids is 1. The topological polar surface area (TPSA) is 32.3 Å². The van der Waals surface area contributed by atoms with Crippen LogP contribution in [0.25, 0.3) is 0 Å². The van der Waals surface area contributed by atoms with E-state index in [2.05, 4.69) is 5.32 Å². The van der Waals surface area contributed by atoms with Crippen LogP contribution in [0, 0.1) is 0 Å². The molecule has 82 valence electrons. The molecule has 0 unspecified atom stereocenters. The molecule has 0 radical (unpaired) electrons. The maximum Gasteiger partial charge on any atom is 0.236 e. The molecule has 1 aromatic rings. The monoisotopic (exact) mass is 206 g/mol.